The summed E-state index contributed by atoms with van der Waals surface area (Å²) in [6.45, 7) is 4.96. The van der Waals surface area contributed by atoms with Crippen molar-refractivity contribution in [3.05, 3.63) is 28.8 Å². The first-order valence-corrected chi connectivity index (χ1v) is 5.61. The minimum Gasteiger partial charge on any atom is -0.507 e. The molecule has 1 aromatic rings. The molecule has 94 valence electrons. The van der Waals surface area contributed by atoms with Crippen LogP contribution in [0.3, 0.4) is 0 Å². The highest BCUT2D eigenvalue weighted by molar-refractivity contribution is 6.31. The molecule has 1 aromatic carbocycles. The number of phenols is 1. The summed E-state index contributed by atoms with van der Waals surface area (Å²) in [6, 6.07) is 4.23. The zero-order chi connectivity index (χ0) is 13.2. The van der Waals surface area contributed by atoms with Crippen LogP contribution in [0.25, 0.3) is 0 Å². The smallest absolute Gasteiger partial charge is 0.255 e. The van der Waals surface area contributed by atoms with Crippen molar-refractivity contribution in [1.29, 1.82) is 0 Å². The maximum Gasteiger partial charge on any atom is 0.255 e. The molecule has 0 saturated heterocycles. The SMILES string of the molecule is CC(O)C(C)(C)NC(=O)c1cc(Cl)ccc1O. The number of amides is 1. The van der Waals surface area contributed by atoms with Gasteiger partial charge in [0, 0.05) is 5.02 Å². The van der Waals surface area contributed by atoms with Crippen molar-refractivity contribution in [3.63, 3.8) is 0 Å². The van der Waals surface area contributed by atoms with Gasteiger partial charge in [-0.15, -0.1) is 0 Å². The van der Waals surface area contributed by atoms with Crippen LogP contribution in [0.1, 0.15) is 31.1 Å². The molecule has 1 unspecified atom stereocenters. The van der Waals surface area contributed by atoms with Gasteiger partial charge in [0.2, 0.25) is 0 Å². The number of aromatic hydroxyl groups is 1. The molecule has 0 radical (unpaired) electrons. The van der Waals surface area contributed by atoms with Crippen LogP contribution < -0.4 is 5.32 Å². The first-order valence-electron chi connectivity index (χ1n) is 5.23. The van der Waals surface area contributed by atoms with E-state index in [1.54, 1.807) is 20.8 Å². The molecule has 0 aromatic heterocycles. The zero-order valence-electron chi connectivity index (χ0n) is 9.99. The van der Waals surface area contributed by atoms with E-state index in [1.807, 2.05) is 0 Å². The molecule has 0 aliphatic heterocycles. The van der Waals surface area contributed by atoms with E-state index in [1.165, 1.54) is 18.2 Å². The van der Waals surface area contributed by atoms with Gasteiger partial charge in [-0.1, -0.05) is 11.6 Å². The number of aliphatic hydroxyl groups excluding tert-OH is 1. The monoisotopic (exact) mass is 257 g/mol. The molecule has 1 amide bonds. The van der Waals surface area contributed by atoms with Gasteiger partial charge in [-0.2, -0.15) is 0 Å². The van der Waals surface area contributed by atoms with E-state index in [2.05, 4.69) is 5.32 Å². The Labute approximate surface area is 105 Å². The average molecular weight is 258 g/mol. The molecule has 0 aliphatic carbocycles. The van der Waals surface area contributed by atoms with Crippen LogP contribution in [0, 0.1) is 0 Å². The number of benzene rings is 1. The lowest BCUT2D eigenvalue weighted by Gasteiger charge is -2.29. The van der Waals surface area contributed by atoms with E-state index in [0.29, 0.717) is 5.02 Å². The number of halogens is 1. The highest BCUT2D eigenvalue weighted by Crippen LogP contribution is 2.22. The van der Waals surface area contributed by atoms with Crippen LogP contribution in [0.4, 0.5) is 0 Å². The number of rotatable bonds is 3. The lowest BCUT2D eigenvalue weighted by atomic mass is 9.98. The molecular weight excluding hydrogens is 242 g/mol. The third-order valence-corrected chi connectivity index (χ3v) is 2.92. The fourth-order valence-corrected chi connectivity index (χ4v) is 1.33. The Bertz CT molecular complexity index is 430. The maximum atomic E-state index is 11.9. The summed E-state index contributed by atoms with van der Waals surface area (Å²) >= 11 is 5.75. The standard InChI is InChI=1S/C12H16ClNO3/c1-7(15)12(2,3)14-11(17)9-6-8(13)4-5-10(9)16/h4-7,15-16H,1-3H3,(H,14,17). The lowest BCUT2D eigenvalue weighted by molar-refractivity contribution is 0.0707. The van der Waals surface area contributed by atoms with E-state index >= 15 is 0 Å². The van der Waals surface area contributed by atoms with Crippen molar-refractivity contribution < 1.29 is 15.0 Å². The van der Waals surface area contributed by atoms with Crippen molar-refractivity contribution in [2.45, 2.75) is 32.4 Å². The minimum atomic E-state index is -0.786. The third kappa shape index (κ3) is 3.35. The zero-order valence-corrected chi connectivity index (χ0v) is 10.7. The van der Waals surface area contributed by atoms with E-state index in [4.69, 9.17) is 11.6 Å². The van der Waals surface area contributed by atoms with Crippen molar-refractivity contribution in [1.82, 2.24) is 5.32 Å². The topological polar surface area (TPSA) is 69.6 Å². The van der Waals surface area contributed by atoms with Gasteiger partial charge in [0.15, 0.2) is 0 Å². The fourth-order valence-electron chi connectivity index (χ4n) is 1.15. The number of phenolic OH excluding ortho intramolecular Hbond substituents is 1. The second-order valence-corrected chi connectivity index (χ2v) is 4.95. The quantitative estimate of drug-likeness (QED) is 0.775. The van der Waals surface area contributed by atoms with Crippen molar-refractivity contribution in [2.75, 3.05) is 0 Å². The van der Waals surface area contributed by atoms with Crippen LogP contribution in [0.15, 0.2) is 18.2 Å². The van der Waals surface area contributed by atoms with Crippen LogP contribution in [-0.4, -0.2) is 27.8 Å². The lowest BCUT2D eigenvalue weighted by Crippen LogP contribution is -2.50. The van der Waals surface area contributed by atoms with Crippen LogP contribution in [-0.2, 0) is 0 Å². The van der Waals surface area contributed by atoms with Gasteiger partial charge in [-0.05, 0) is 39.0 Å². The number of hydrogen-bond acceptors (Lipinski definition) is 3. The van der Waals surface area contributed by atoms with Crippen LogP contribution in [0.2, 0.25) is 5.02 Å². The Hall–Kier alpha value is -1.26. The van der Waals surface area contributed by atoms with Gasteiger partial charge in [-0.25, -0.2) is 0 Å². The Kier molecular flexibility index (Phi) is 4.01. The summed E-state index contributed by atoms with van der Waals surface area (Å²) in [5.74, 6) is -0.621. The molecule has 0 spiro atoms. The maximum absolute atomic E-state index is 11.9. The largest absolute Gasteiger partial charge is 0.507 e. The van der Waals surface area contributed by atoms with Crippen LogP contribution >= 0.6 is 11.6 Å². The summed E-state index contributed by atoms with van der Waals surface area (Å²) in [6.07, 6.45) is -0.715. The Morgan fingerprint density at radius 2 is 2.06 bits per heavy atom. The summed E-state index contributed by atoms with van der Waals surface area (Å²) in [5.41, 5.74) is -0.697. The Balaban J connectivity index is 2.94. The average Bonchev–Trinajstić information content (AvgIpc) is 2.20. The number of carbonyl (C=O) groups excluding carboxylic acids is 1. The molecule has 3 N–H and O–H groups in total. The molecule has 4 nitrogen and oxygen atoms in total. The second kappa shape index (κ2) is 4.94. The molecule has 0 bridgehead atoms. The van der Waals surface area contributed by atoms with E-state index in [-0.39, 0.29) is 11.3 Å². The number of carbonyl (C=O) groups is 1. The highest BCUT2D eigenvalue weighted by Gasteiger charge is 2.27. The predicted molar refractivity (Wildman–Crippen MR) is 66.3 cm³/mol. The molecule has 0 aliphatic rings. The van der Waals surface area contributed by atoms with Gasteiger partial charge in [0.05, 0.1) is 17.2 Å². The summed E-state index contributed by atoms with van der Waals surface area (Å²) in [7, 11) is 0. The number of hydrogen-bond donors (Lipinski definition) is 3. The predicted octanol–water partition coefficient (Wildman–Crippen LogP) is 1.93. The molecule has 0 saturated carbocycles. The molecule has 17 heavy (non-hydrogen) atoms. The van der Waals surface area contributed by atoms with Gasteiger partial charge >= 0.3 is 0 Å². The van der Waals surface area contributed by atoms with E-state index in [9.17, 15) is 15.0 Å². The summed E-state index contributed by atoms with van der Waals surface area (Å²) in [4.78, 5) is 11.9. The fraction of sp³-hybridized carbons (Fsp3) is 0.417. The summed E-state index contributed by atoms with van der Waals surface area (Å²) in [5, 5.41) is 22.1. The van der Waals surface area contributed by atoms with Crippen molar-refractivity contribution >= 4 is 17.5 Å². The summed E-state index contributed by atoms with van der Waals surface area (Å²) < 4.78 is 0. The molecule has 0 heterocycles. The van der Waals surface area contributed by atoms with Gasteiger partial charge in [-0.3, -0.25) is 4.79 Å². The second-order valence-electron chi connectivity index (χ2n) is 4.51. The Morgan fingerprint density at radius 1 is 1.47 bits per heavy atom. The van der Waals surface area contributed by atoms with E-state index < -0.39 is 17.6 Å². The molecule has 5 heteroatoms. The van der Waals surface area contributed by atoms with Crippen molar-refractivity contribution in [2.24, 2.45) is 0 Å². The third-order valence-electron chi connectivity index (χ3n) is 2.68. The Morgan fingerprint density at radius 3 is 2.59 bits per heavy atom. The van der Waals surface area contributed by atoms with Gasteiger partial charge in [0.1, 0.15) is 5.75 Å². The molecule has 1 atom stereocenters. The normalized spacial score (nSPS) is 13.2. The van der Waals surface area contributed by atoms with E-state index in [0.717, 1.165) is 0 Å². The molecule has 1 rings (SSSR count). The van der Waals surface area contributed by atoms with Gasteiger partial charge < -0.3 is 15.5 Å². The first-order chi connectivity index (χ1) is 7.74. The van der Waals surface area contributed by atoms with Crippen molar-refractivity contribution in [3.8, 4) is 5.75 Å². The van der Waals surface area contributed by atoms with Gasteiger partial charge in [0.25, 0.3) is 5.91 Å². The molecular formula is C12H16ClNO3. The minimum absolute atomic E-state index is 0.0891. The first kappa shape index (κ1) is 13.8. The highest BCUT2D eigenvalue weighted by atomic mass is 35.5. The molecule has 0 fully saturated rings. The number of nitrogens with one attached hydrogen (secondary N) is 1. The van der Waals surface area contributed by atoms with Crippen LogP contribution in [0.5, 0.6) is 5.75 Å². The number of aliphatic hydroxyl groups is 1.